The molecular weight excluding hydrogens is 368 g/mol. The molecule has 0 saturated heterocycles. The van der Waals surface area contributed by atoms with Gasteiger partial charge in [0.2, 0.25) is 5.91 Å². The molecule has 0 fully saturated rings. The number of amides is 1. The minimum Gasteiger partial charge on any atom is -0.301 e. The maximum Gasteiger partial charge on any atom is 0.236 e. The van der Waals surface area contributed by atoms with E-state index in [0.29, 0.717) is 10.9 Å². The lowest BCUT2D eigenvalue weighted by molar-refractivity contribution is -0.113. The van der Waals surface area contributed by atoms with Gasteiger partial charge in [0.15, 0.2) is 13.8 Å². The van der Waals surface area contributed by atoms with Gasteiger partial charge in [0.25, 0.3) is 0 Å². The predicted molar refractivity (Wildman–Crippen MR) is 100 cm³/mol. The molecule has 3 rings (SSSR count). The number of nitrogens with one attached hydrogen (secondary N) is 1. The minimum absolute atomic E-state index is 0.0781. The third-order valence-electron chi connectivity index (χ3n) is 2.77. The van der Waals surface area contributed by atoms with Crippen LogP contribution in [0.4, 0.5) is 5.13 Å². The van der Waals surface area contributed by atoms with Crippen molar-refractivity contribution >= 4 is 67.5 Å². The van der Waals surface area contributed by atoms with E-state index in [1.807, 2.05) is 19.1 Å². The third kappa shape index (κ3) is 4.43. The molecule has 0 unspecified atom stereocenters. The van der Waals surface area contributed by atoms with Crippen LogP contribution in [0.25, 0.3) is 10.2 Å². The third-order valence-corrected chi connectivity index (χ3v) is 6.78. The van der Waals surface area contributed by atoms with Crippen LogP contribution in [0.3, 0.4) is 0 Å². The van der Waals surface area contributed by atoms with Crippen molar-refractivity contribution in [2.24, 2.45) is 0 Å². The van der Waals surface area contributed by atoms with E-state index in [0.717, 1.165) is 24.6 Å². The fourth-order valence-electron chi connectivity index (χ4n) is 1.81. The van der Waals surface area contributed by atoms with Crippen LogP contribution in [0, 0.1) is 6.92 Å². The number of aryl methyl sites for hydroxylation is 1. The Hall–Kier alpha value is -1.16. The number of hydrogen-bond acceptors (Lipinski definition) is 8. The van der Waals surface area contributed by atoms with Gasteiger partial charge in [-0.05, 0) is 30.4 Å². The average Bonchev–Trinajstić information content (AvgIpc) is 3.11. The highest BCUT2D eigenvalue weighted by molar-refractivity contribution is 8.03. The summed E-state index contributed by atoms with van der Waals surface area (Å²) in [6.07, 6.45) is 0. The fraction of sp³-hybridized carbons (Fsp3) is 0.286. The molecule has 0 atom stereocenters. The zero-order valence-electron chi connectivity index (χ0n) is 12.5. The van der Waals surface area contributed by atoms with Gasteiger partial charge in [-0.15, -0.1) is 10.2 Å². The number of thioether (sulfide) groups is 2. The van der Waals surface area contributed by atoms with Gasteiger partial charge in [-0.2, -0.15) is 0 Å². The van der Waals surface area contributed by atoms with E-state index in [9.17, 15) is 4.79 Å². The Kier molecular flexibility index (Phi) is 5.52. The van der Waals surface area contributed by atoms with Gasteiger partial charge in [-0.1, -0.05) is 59.2 Å². The molecular formula is C14H14N4OS4. The maximum absolute atomic E-state index is 12.0. The van der Waals surface area contributed by atoms with E-state index in [-0.39, 0.29) is 5.91 Å². The van der Waals surface area contributed by atoms with Gasteiger partial charge in [0, 0.05) is 0 Å². The van der Waals surface area contributed by atoms with Crippen molar-refractivity contribution in [3.05, 3.63) is 23.8 Å². The average molecular weight is 383 g/mol. The highest BCUT2D eigenvalue weighted by Gasteiger charge is 2.11. The molecule has 0 aliphatic heterocycles. The van der Waals surface area contributed by atoms with Crippen molar-refractivity contribution in [1.82, 2.24) is 15.2 Å². The van der Waals surface area contributed by atoms with Crippen LogP contribution in [0.15, 0.2) is 26.9 Å². The van der Waals surface area contributed by atoms with Crippen LogP contribution in [0.2, 0.25) is 0 Å². The number of nitrogens with zero attached hydrogens (tertiary/aromatic N) is 3. The number of hydrogen-bond donors (Lipinski definition) is 1. The Morgan fingerprint density at radius 1 is 1.22 bits per heavy atom. The summed E-state index contributed by atoms with van der Waals surface area (Å²) in [5, 5.41) is 11.6. The molecule has 0 spiro atoms. The van der Waals surface area contributed by atoms with Crippen LogP contribution in [0.5, 0.6) is 0 Å². The largest absolute Gasteiger partial charge is 0.301 e. The number of rotatable bonds is 6. The number of carbonyl (C=O) groups is 1. The molecule has 0 radical (unpaired) electrons. The maximum atomic E-state index is 12.0. The van der Waals surface area contributed by atoms with Crippen LogP contribution < -0.4 is 5.32 Å². The van der Waals surface area contributed by atoms with Crippen LogP contribution in [-0.4, -0.2) is 32.6 Å². The van der Waals surface area contributed by atoms with Crippen LogP contribution in [-0.2, 0) is 4.79 Å². The van der Waals surface area contributed by atoms with E-state index < -0.39 is 0 Å². The van der Waals surface area contributed by atoms with Crippen molar-refractivity contribution in [2.45, 2.75) is 22.5 Å². The van der Waals surface area contributed by atoms with Crippen molar-refractivity contribution in [3.63, 3.8) is 0 Å². The Labute approximate surface area is 150 Å². The standard InChI is InChI=1S/C14H14N4OS4/c1-3-20-13-17-18-14(23-13)21-7-11(19)16-12-15-9-5-4-8(2)6-10(9)22-12/h4-6H,3,7H2,1-2H3,(H,15,16,19). The lowest BCUT2D eigenvalue weighted by atomic mass is 10.2. The molecule has 1 aromatic carbocycles. The second kappa shape index (κ2) is 7.61. The Morgan fingerprint density at radius 2 is 2.00 bits per heavy atom. The predicted octanol–water partition coefficient (Wildman–Crippen LogP) is 4.30. The molecule has 0 saturated carbocycles. The number of aromatic nitrogens is 3. The van der Waals surface area contributed by atoms with Gasteiger partial charge in [-0.25, -0.2) is 4.98 Å². The first-order chi connectivity index (χ1) is 11.1. The summed E-state index contributed by atoms with van der Waals surface area (Å²) in [5.74, 6) is 1.20. The van der Waals surface area contributed by atoms with Crippen molar-refractivity contribution in [2.75, 3.05) is 16.8 Å². The summed E-state index contributed by atoms with van der Waals surface area (Å²) in [7, 11) is 0. The minimum atomic E-state index is -0.0781. The summed E-state index contributed by atoms with van der Waals surface area (Å²) in [4.78, 5) is 16.5. The normalized spacial score (nSPS) is 11.0. The molecule has 1 amide bonds. The van der Waals surface area contributed by atoms with E-state index in [1.54, 1.807) is 11.8 Å². The number of carbonyl (C=O) groups excluding carboxylic acids is 1. The highest BCUT2D eigenvalue weighted by Crippen LogP contribution is 2.29. The molecule has 5 nitrogen and oxygen atoms in total. The Bertz CT molecular complexity index is 829. The molecule has 0 aliphatic rings. The van der Waals surface area contributed by atoms with Crippen molar-refractivity contribution < 1.29 is 4.79 Å². The second-order valence-corrected chi connectivity index (χ2v) is 9.34. The highest BCUT2D eigenvalue weighted by atomic mass is 32.2. The topological polar surface area (TPSA) is 67.8 Å². The van der Waals surface area contributed by atoms with Crippen molar-refractivity contribution in [3.8, 4) is 0 Å². The zero-order valence-corrected chi connectivity index (χ0v) is 15.8. The van der Waals surface area contributed by atoms with E-state index >= 15 is 0 Å². The number of thiazole rings is 1. The Balaban J connectivity index is 1.57. The molecule has 2 aromatic heterocycles. The molecule has 2 heterocycles. The van der Waals surface area contributed by atoms with Crippen LogP contribution in [0.1, 0.15) is 12.5 Å². The lowest BCUT2D eigenvalue weighted by Crippen LogP contribution is -2.13. The number of anilines is 1. The molecule has 23 heavy (non-hydrogen) atoms. The van der Waals surface area contributed by atoms with E-state index in [2.05, 4.69) is 33.5 Å². The molecule has 0 bridgehead atoms. The quantitative estimate of drug-likeness (QED) is 0.641. The molecule has 3 aromatic rings. The van der Waals surface area contributed by atoms with E-state index in [4.69, 9.17) is 0 Å². The van der Waals surface area contributed by atoms with Crippen molar-refractivity contribution in [1.29, 1.82) is 0 Å². The van der Waals surface area contributed by atoms with Gasteiger partial charge < -0.3 is 5.32 Å². The first-order valence-electron chi connectivity index (χ1n) is 6.90. The molecule has 120 valence electrons. The van der Waals surface area contributed by atoms with Gasteiger partial charge in [0.05, 0.1) is 16.0 Å². The Morgan fingerprint density at radius 3 is 2.78 bits per heavy atom. The lowest BCUT2D eigenvalue weighted by Gasteiger charge is -1.98. The first kappa shape index (κ1) is 16.7. The van der Waals surface area contributed by atoms with Gasteiger partial charge >= 0.3 is 0 Å². The molecule has 1 N–H and O–H groups in total. The summed E-state index contributed by atoms with van der Waals surface area (Å²) < 4.78 is 2.84. The first-order valence-corrected chi connectivity index (χ1v) is 10.5. The fourth-order valence-corrected chi connectivity index (χ4v) is 5.50. The zero-order chi connectivity index (χ0) is 16.2. The van der Waals surface area contributed by atoms with Crippen LogP contribution >= 0.6 is 46.2 Å². The summed E-state index contributed by atoms with van der Waals surface area (Å²) in [6, 6.07) is 6.07. The molecule has 9 heteroatoms. The van der Waals surface area contributed by atoms with Gasteiger partial charge in [-0.3, -0.25) is 4.79 Å². The SMILES string of the molecule is CCSc1nnc(SCC(=O)Nc2nc3ccc(C)cc3s2)s1. The monoisotopic (exact) mass is 382 g/mol. The van der Waals surface area contributed by atoms with E-state index in [1.165, 1.54) is 40.0 Å². The summed E-state index contributed by atoms with van der Waals surface area (Å²) in [6.45, 7) is 4.12. The second-order valence-electron chi connectivity index (χ2n) is 4.59. The smallest absolute Gasteiger partial charge is 0.236 e. The summed E-state index contributed by atoms with van der Waals surface area (Å²) in [5.41, 5.74) is 2.10. The van der Waals surface area contributed by atoms with Gasteiger partial charge in [0.1, 0.15) is 0 Å². The number of benzene rings is 1. The molecule has 0 aliphatic carbocycles. The summed E-state index contributed by atoms with van der Waals surface area (Å²) >= 11 is 6.07. The number of fused-ring (bicyclic) bond motifs is 1.